The highest BCUT2D eigenvalue weighted by Gasteiger charge is 2.23. The highest BCUT2D eigenvalue weighted by Crippen LogP contribution is 2.32. The summed E-state index contributed by atoms with van der Waals surface area (Å²) in [5.74, 6) is 2.26. The maximum absolute atomic E-state index is 5.46. The fourth-order valence-corrected chi connectivity index (χ4v) is 3.56. The van der Waals surface area contributed by atoms with E-state index in [0.29, 0.717) is 0 Å². The Bertz CT molecular complexity index is 892. The average Bonchev–Trinajstić information content (AvgIpc) is 2.96. The number of halogens is 1. The van der Waals surface area contributed by atoms with E-state index in [1.165, 1.54) is 11.3 Å². The number of aryl methyl sites for hydroxylation is 2. The molecule has 0 aliphatic rings. The first-order valence-electron chi connectivity index (χ1n) is 10.3. The average molecular weight is 543 g/mol. The molecule has 8 heteroatoms. The zero-order valence-corrected chi connectivity index (χ0v) is 22.6. The molecule has 0 spiro atoms. The van der Waals surface area contributed by atoms with Crippen molar-refractivity contribution >= 4 is 29.9 Å². The first kappa shape index (κ1) is 27.1. The number of aliphatic imine (C=N–C) groups is 1. The van der Waals surface area contributed by atoms with E-state index < -0.39 is 0 Å². The molecule has 0 aliphatic heterocycles. The Labute approximate surface area is 204 Å². The van der Waals surface area contributed by atoms with E-state index in [1.807, 2.05) is 23.9 Å². The molecule has 0 amide bonds. The van der Waals surface area contributed by atoms with Gasteiger partial charge in [-0.25, -0.2) is 0 Å². The van der Waals surface area contributed by atoms with E-state index in [-0.39, 0.29) is 35.4 Å². The summed E-state index contributed by atoms with van der Waals surface area (Å²) in [6.45, 7) is 11.5. The van der Waals surface area contributed by atoms with Gasteiger partial charge >= 0.3 is 0 Å². The van der Waals surface area contributed by atoms with Crippen molar-refractivity contribution in [3.05, 3.63) is 40.7 Å². The Morgan fingerprint density at radius 3 is 2.35 bits per heavy atom. The van der Waals surface area contributed by atoms with Gasteiger partial charge in [0, 0.05) is 37.8 Å². The summed E-state index contributed by atoms with van der Waals surface area (Å²) in [6.07, 6.45) is 0.894. The number of nitrogens with one attached hydrogen (secondary N) is 2. The molecule has 0 bridgehead atoms. The van der Waals surface area contributed by atoms with Gasteiger partial charge in [0.15, 0.2) is 17.5 Å². The van der Waals surface area contributed by atoms with Crippen molar-refractivity contribution in [1.29, 1.82) is 0 Å². The van der Waals surface area contributed by atoms with Crippen molar-refractivity contribution < 1.29 is 9.47 Å². The molecule has 0 fully saturated rings. The number of rotatable bonds is 8. The lowest BCUT2D eigenvalue weighted by atomic mass is 9.84. The van der Waals surface area contributed by atoms with Crippen LogP contribution in [0.1, 0.15) is 43.3 Å². The monoisotopic (exact) mass is 543 g/mol. The quantitative estimate of drug-likeness (QED) is 0.302. The van der Waals surface area contributed by atoms with Crippen LogP contribution in [0.15, 0.2) is 23.2 Å². The van der Waals surface area contributed by atoms with Gasteiger partial charge in [-0.2, -0.15) is 5.10 Å². The molecule has 1 atom stereocenters. The number of benzene rings is 1. The summed E-state index contributed by atoms with van der Waals surface area (Å²) >= 11 is 0. The van der Waals surface area contributed by atoms with Crippen molar-refractivity contribution in [2.45, 2.75) is 52.5 Å². The molecule has 1 aromatic heterocycles. The highest BCUT2D eigenvalue weighted by atomic mass is 127. The van der Waals surface area contributed by atoms with Gasteiger partial charge in [0.2, 0.25) is 0 Å². The van der Waals surface area contributed by atoms with Crippen molar-refractivity contribution in [3.63, 3.8) is 0 Å². The summed E-state index contributed by atoms with van der Waals surface area (Å²) in [5.41, 5.74) is 4.62. The number of nitrogens with zero attached hydrogens (tertiary/aromatic N) is 3. The summed E-state index contributed by atoms with van der Waals surface area (Å²) in [6, 6.07) is 6.29. The van der Waals surface area contributed by atoms with Crippen LogP contribution >= 0.6 is 24.0 Å². The number of ether oxygens (including phenoxy) is 2. The van der Waals surface area contributed by atoms with Crippen molar-refractivity contribution in [1.82, 2.24) is 20.4 Å². The minimum absolute atomic E-state index is 0. The van der Waals surface area contributed by atoms with Crippen LogP contribution in [0.4, 0.5) is 0 Å². The molecule has 0 radical (unpaired) electrons. The van der Waals surface area contributed by atoms with E-state index in [9.17, 15) is 0 Å². The van der Waals surface area contributed by atoms with Gasteiger partial charge in [-0.3, -0.25) is 9.67 Å². The minimum atomic E-state index is -0.128. The first-order valence-corrected chi connectivity index (χ1v) is 10.3. The molecule has 2 N–H and O–H groups in total. The Morgan fingerprint density at radius 1 is 1.19 bits per heavy atom. The zero-order chi connectivity index (χ0) is 22.5. The molecule has 1 aromatic carbocycles. The summed E-state index contributed by atoms with van der Waals surface area (Å²) in [7, 11) is 7.09. The van der Waals surface area contributed by atoms with E-state index in [1.54, 1.807) is 21.3 Å². The van der Waals surface area contributed by atoms with E-state index in [4.69, 9.17) is 9.47 Å². The van der Waals surface area contributed by atoms with Crippen LogP contribution in [-0.2, 0) is 18.9 Å². The van der Waals surface area contributed by atoms with Gasteiger partial charge < -0.3 is 20.1 Å². The minimum Gasteiger partial charge on any atom is -0.493 e. The number of methoxy groups -OCH3 is 2. The summed E-state index contributed by atoms with van der Waals surface area (Å²) in [5, 5.41) is 11.5. The predicted molar refractivity (Wildman–Crippen MR) is 138 cm³/mol. The second kappa shape index (κ2) is 11.6. The molecule has 2 aromatic rings. The van der Waals surface area contributed by atoms with Crippen molar-refractivity contribution in [3.8, 4) is 11.5 Å². The maximum atomic E-state index is 5.46. The topological polar surface area (TPSA) is 72.7 Å². The lowest BCUT2D eigenvalue weighted by molar-refractivity contribution is 0.353. The van der Waals surface area contributed by atoms with E-state index in [0.717, 1.165) is 41.7 Å². The van der Waals surface area contributed by atoms with Gasteiger partial charge in [-0.15, -0.1) is 24.0 Å². The van der Waals surface area contributed by atoms with Crippen LogP contribution in [0, 0.1) is 13.8 Å². The second-order valence-corrected chi connectivity index (χ2v) is 8.40. The molecular weight excluding hydrogens is 505 g/mol. The third-order valence-electron chi connectivity index (χ3n) is 5.64. The molecule has 2 rings (SSSR count). The van der Waals surface area contributed by atoms with Crippen LogP contribution in [0.2, 0.25) is 0 Å². The number of guanidine groups is 1. The number of hydrogen-bond acceptors (Lipinski definition) is 4. The normalized spacial score (nSPS) is 12.7. The van der Waals surface area contributed by atoms with Gasteiger partial charge in [0.1, 0.15) is 0 Å². The molecule has 0 aliphatic carbocycles. The van der Waals surface area contributed by atoms with E-state index in [2.05, 4.69) is 61.4 Å². The largest absolute Gasteiger partial charge is 0.493 e. The van der Waals surface area contributed by atoms with Crippen LogP contribution in [0.25, 0.3) is 0 Å². The predicted octanol–water partition coefficient (Wildman–Crippen LogP) is 3.75. The molecule has 1 unspecified atom stereocenters. The lowest BCUT2D eigenvalue weighted by Crippen LogP contribution is -2.47. The SMILES string of the molecule is CN=C(NCC(C)(C)c1ccc(OC)c(OC)c1)NC(C)Cc1c(C)nn(C)c1C.I. The fourth-order valence-electron chi connectivity index (χ4n) is 3.56. The Hall–Kier alpha value is -1.97. The van der Waals surface area contributed by atoms with Crippen LogP contribution < -0.4 is 20.1 Å². The Morgan fingerprint density at radius 2 is 1.84 bits per heavy atom. The number of aromatic nitrogens is 2. The molecule has 7 nitrogen and oxygen atoms in total. The second-order valence-electron chi connectivity index (χ2n) is 8.40. The van der Waals surface area contributed by atoms with Gasteiger partial charge in [0.05, 0.1) is 19.9 Å². The molecule has 1 heterocycles. The fraction of sp³-hybridized carbons (Fsp3) is 0.565. The van der Waals surface area contributed by atoms with Gasteiger partial charge in [-0.1, -0.05) is 19.9 Å². The first-order chi connectivity index (χ1) is 14.1. The van der Waals surface area contributed by atoms with Crippen LogP contribution in [0.5, 0.6) is 11.5 Å². The van der Waals surface area contributed by atoms with Crippen molar-refractivity contribution in [2.24, 2.45) is 12.0 Å². The maximum Gasteiger partial charge on any atom is 0.191 e. The van der Waals surface area contributed by atoms with Crippen LogP contribution in [0.3, 0.4) is 0 Å². The Kier molecular flexibility index (Phi) is 10.1. The van der Waals surface area contributed by atoms with Crippen LogP contribution in [-0.4, -0.2) is 49.6 Å². The van der Waals surface area contributed by atoms with Gasteiger partial charge in [0.25, 0.3) is 0 Å². The third kappa shape index (κ3) is 6.75. The molecule has 0 saturated carbocycles. The number of hydrogen-bond donors (Lipinski definition) is 2. The third-order valence-corrected chi connectivity index (χ3v) is 5.64. The zero-order valence-electron chi connectivity index (χ0n) is 20.3. The summed E-state index contributed by atoms with van der Waals surface area (Å²) < 4.78 is 12.8. The summed E-state index contributed by atoms with van der Waals surface area (Å²) in [4.78, 5) is 4.41. The molecular formula is C23H38IN5O2. The lowest BCUT2D eigenvalue weighted by Gasteiger charge is -2.28. The van der Waals surface area contributed by atoms with E-state index >= 15 is 0 Å². The standard InChI is InChI=1S/C23H37N5O2.HI/c1-15(12-19-16(2)27-28(7)17(19)3)26-22(24-6)25-14-23(4,5)18-10-11-20(29-8)21(13-18)30-9;/h10-11,13,15H,12,14H2,1-9H3,(H2,24,25,26);1H. The van der Waals surface area contributed by atoms with Gasteiger partial charge in [-0.05, 0) is 50.5 Å². The molecule has 174 valence electrons. The van der Waals surface area contributed by atoms with Crippen molar-refractivity contribution in [2.75, 3.05) is 27.8 Å². The smallest absolute Gasteiger partial charge is 0.191 e. The molecule has 0 saturated heterocycles. The molecule has 31 heavy (non-hydrogen) atoms. The highest BCUT2D eigenvalue weighted by molar-refractivity contribution is 14.0. The Balaban J connectivity index is 0.00000480.